The van der Waals surface area contributed by atoms with Crippen LogP contribution in [-0.4, -0.2) is 13.3 Å². The molecule has 0 fully saturated rings. The Morgan fingerprint density at radius 1 is 0.686 bits per heavy atom. The lowest BCUT2D eigenvalue weighted by Gasteiger charge is -2.12. The maximum absolute atomic E-state index is 6.12. The highest BCUT2D eigenvalue weighted by molar-refractivity contribution is 5.85. The Balaban J connectivity index is 1.25. The molecule has 0 saturated carbocycles. The molecule has 0 amide bonds. The van der Waals surface area contributed by atoms with Crippen LogP contribution in [0.15, 0.2) is 120 Å². The van der Waals surface area contributed by atoms with E-state index in [1.807, 2.05) is 91.1 Å². The first-order valence-corrected chi connectivity index (χ1v) is 11.4. The molecule has 0 aliphatic carbocycles. The molecule has 0 heterocycles. The molecule has 0 spiro atoms. The summed E-state index contributed by atoms with van der Waals surface area (Å²) in [6.07, 6.45) is 1.81. The van der Waals surface area contributed by atoms with Crippen LogP contribution in [-0.2, 0) is 6.61 Å². The minimum absolute atomic E-state index is 0.461. The van der Waals surface area contributed by atoms with Crippen LogP contribution in [0.2, 0.25) is 0 Å². The van der Waals surface area contributed by atoms with E-state index in [0.29, 0.717) is 18.1 Å². The minimum atomic E-state index is 0.461. The van der Waals surface area contributed by atoms with Gasteiger partial charge in [0.1, 0.15) is 18.1 Å². The molecule has 0 bridgehead atoms. The van der Waals surface area contributed by atoms with Gasteiger partial charge in [0.25, 0.3) is 0 Å². The number of hydrogen-bond donors (Lipinski definition) is 0. The predicted molar refractivity (Wildman–Crippen MR) is 141 cm³/mol. The first-order chi connectivity index (χ1) is 17.3. The van der Waals surface area contributed by atoms with E-state index < -0.39 is 0 Å². The molecule has 172 valence electrons. The summed E-state index contributed by atoms with van der Waals surface area (Å²) in [5, 5.41) is 2.39. The molecule has 0 aliphatic heterocycles. The maximum Gasteiger partial charge on any atom is 0.161 e. The Morgan fingerprint density at radius 3 is 2.26 bits per heavy atom. The van der Waals surface area contributed by atoms with Crippen molar-refractivity contribution in [2.24, 2.45) is 4.99 Å². The Kier molecular flexibility index (Phi) is 6.72. The van der Waals surface area contributed by atoms with Gasteiger partial charge in [-0.15, -0.1) is 0 Å². The van der Waals surface area contributed by atoms with Gasteiger partial charge in [0.05, 0.1) is 12.8 Å². The quantitative estimate of drug-likeness (QED) is 0.221. The molecule has 0 atom stereocenters. The van der Waals surface area contributed by atoms with Crippen molar-refractivity contribution in [2.75, 3.05) is 7.11 Å². The summed E-state index contributed by atoms with van der Waals surface area (Å²) in [7, 11) is 1.65. The third kappa shape index (κ3) is 5.50. The van der Waals surface area contributed by atoms with Gasteiger partial charge < -0.3 is 14.2 Å². The number of benzene rings is 5. The van der Waals surface area contributed by atoms with Crippen molar-refractivity contribution < 1.29 is 14.2 Å². The van der Waals surface area contributed by atoms with Gasteiger partial charge in [0.15, 0.2) is 11.5 Å². The van der Waals surface area contributed by atoms with Crippen LogP contribution in [0.4, 0.5) is 5.69 Å². The van der Waals surface area contributed by atoms with Gasteiger partial charge >= 0.3 is 0 Å². The van der Waals surface area contributed by atoms with Crippen LogP contribution in [0.5, 0.6) is 23.0 Å². The molecular formula is C31H25NO3. The second-order valence-electron chi connectivity index (χ2n) is 8.00. The fourth-order valence-corrected chi connectivity index (χ4v) is 3.83. The summed E-state index contributed by atoms with van der Waals surface area (Å²) in [6, 6.07) is 37.7. The van der Waals surface area contributed by atoms with E-state index in [4.69, 9.17) is 14.2 Å². The molecule has 0 aliphatic rings. The molecule has 5 rings (SSSR count). The zero-order chi connectivity index (χ0) is 23.9. The number of hydrogen-bond acceptors (Lipinski definition) is 4. The van der Waals surface area contributed by atoms with Gasteiger partial charge in [-0.25, -0.2) is 0 Å². The third-order valence-electron chi connectivity index (χ3n) is 5.63. The first-order valence-electron chi connectivity index (χ1n) is 11.4. The van der Waals surface area contributed by atoms with E-state index in [9.17, 15) is 0 Å². The van der Waals surface area contributed by atoms with E-state index in [0.717, 1.165) is 28.3 Å². The monoisotopic (exact) mass is 459 g/mol. The van der Waals surface area contributed by atoms with E-state index in [1.165, 1.54) is 10.8 Å². The van der Waals surface area contributed by atoms with Crippen LogP contribution < -0.4 is 14.2 Å². The first kappa shape index (κ1) is 22.2. The average molecular weight is 460 g/mol. The van der Waals surface area contributed by atoms with Gasteiger partial charge in [-0.1, -0.05) is 60.7 Å². The van der Waals surface area contributed by atoms with Crippen molar-refractivity contribution in [3.8, 4) is 23.0 Å². The molecule has 0 radical (unpaired) electrons. The molecule has 4 nitrogen and oxygen atoms in total. The number of aliphatic imine (C=N–C) groups is 1. The Hall–Kier alpha value is -4.57. The highest BCUT2D eigenvalue weighted by Crippen LogP contribution is 2.30. The zero-order valence-electron chi connectivity index (χ0n) is 19.4. The summed E-state index contributed by atoms with van der Waals surface area (Å²) >= 11 is 0. The number of nitrogens with zero attached hydrogens (tertiary/aromatic N) is 1. The fraction of sp³-hybridized carbons (Fsp3) is 0.0645. The van der Waals surface area contributed by atoms with Crippen molar-refractivity contribution in [1.29, 1.82) is 0 Å². The topological polar surface area (TPSA) is 40.0 Å². The van der Waals surface area contributed by atoms with Crippen molar-refractivity contribution >= 4 is 22.7 Å². The van der Waals surface area contributed by atoms with Crippen molar-refractivity contribution in [3.63, 3.8) is 0 Å². The van der Waals surface area contributed by atoms with Crippen molar-refractivity contribution in [2.45, 2.75) is 6.61 Å². The zero-order valence-corrected chi connectivity index (χ0v) is 19.4. The van der Waals surface area contributed by atoms with Crippen LogP contribution in [0, 0.1) is 0 Å². The van der Waals surface area contributed by atoms with Crippen LogP contribution in [0.1, 0.15) is 11.1 Å². The summed E-state index contributed by atoms with van der Waals surface area (Å²) in [5.74, 6) is 2.93. The molecule has 5 aromatic carbocycles. The van der Waals surface area contributed by atoms with E-state index in [2.05, 4.69) is 35.3 Å². The second kappa shape index (κ2) is 10.6. The largest absolute Gasteiger partial charge is 0.493 e. The smallest absolute Gasteiger partial charge is 0.161 e. The summed E-state index contributed by atoms with van der Waals surface area (Å²) in [5.41, 5.74) is 2.89. The molecule has 0 N–H and O–H groups in total. The van der Waals surface area contributed by atoms with Crippen LogP contribution >= 0.6 is 0 Å². The van der Waals surface area contributed by atoms with Gasteiger partial charge in [-0.3, -0.25) is 4.99 Å². The Labute approximate surface area is 205 Å². The third-order valence-corrected chi connectivity index (χ3v) is 5.63. The summed E-state index contributed by atoms with van der Waals surface area (Å²) < 4.78 is 17.5. The van der Waals surface area contributed by atoms with E-state index in [-0.39, 0.29) is 0 Å². The number of ether oxygens (including phenoxy) is 3. The molecule has 4 heteroatoms. The van der Waals surface area contributed by atoms with Gasteiger partial charge in [0.2, 0.25) is 0 Å². The second-order valence-corrected chi connectivity index (χ2v) is 8.00. The van der Waals surface area contributed by atoms with Crippen LogP contribution in [0.25, 0.3) is 10.8 Å². The van der Waals surface area contributed by atoms with Gasteiger partial charge in [0, 0.05) is 6.21 Å². The van der Waals surface area contributed by atoms with Crippen LogP contribution in [0.3, 0.4) is 0 Å². The van der Waals surface area contributed by atoms with Crippen molar-refractivity contribution in [3.05, 3.63) is 126 Å². The number of fused-ring (bicyclic) bond motifs is 1. The lowest BCUT2D eigenvalue weighted by atomic mass is 10.1. The van der Waals surface area contributed by atoms with E-state index in [1.54, 1.807) is 7.11 Å². The SMILES string of the molecule is COc1cc(C=Nc2ccc(Oc3ccccc3)cc2)ccc1OCc1cccc2ccccc12. The standard InChI is InChI=1S/C31H25NO3/c1-33-31-20-23(21-32-26-15-17-28(18-16-26)35-27-11-3-2-4-12-27)14-19-30(31)34-22-25-10-7-9-24-8-5-6-13-29(24)25/h2-21H,22H2,1H3. The van der Waals surface area contributed by atoms with E-state index >= 15 is 0 Å². The number of para-hydroxylation sites is 1. The van der Waals surface area contributed by atoms with Crippen molar-refractivity contribution in [1.82, 2.24) is 0 Å². The summed E-state index contributed by atoms with van der Waals surface area (Å²) in [6.45, 7) is 0.461. The highest BCUT2D eigenvalue weighted by atomic mass is 16.5. The summed E-state index contributed by atoms with van der Waals surface area (Å²) in [4.78, 5) is 4.58. The Morgan fingerprint density at radius 2 is 1.43 bits per heavy atom. The van der Waals surface area contributed by atoms with Gasteiger partial charge in [-0.2, -0.15) is 0 Å². The predicted octanol–water partition coefficient (Wildman–Crippen LogP) is 7.97. The molecule has 0 aromatic heterocycles. The molecule has 0 saturated heterocycles. The van der Waals surface area contributed by atoms with Gasteiger partial charge in [-0.05, 0) is 76.5 Å². The average Bonchev–Trinajstić information content (AvgIpc) is 2.92. The molecule has 5 aromatic rings. The Bertz CT molecular complexity index is 1440. The fourth-order valence-electron chi connectivity index (χ4n) is 3.83. The lowest BCUT2D eigenvalue weighted by Crippen LogP contribution is -1.99. The lowest BCUT2D eigenvalue weighted by molar-refractivity contribution is 0.285. The normalized spacial score (nSPS) is 11.0. The molecule has 0 unspecified atom stereocenters. The molecule has 35 heavy (non-hydrogen) atoms. The number of rotatable bonds is 8. The number of methoxy groups -OCH3 is 1. The maximum atomic E-state index is 6.12. The molecular weight excluding hydrogens is 434 g/mol. The highest BCUT2D eigenvalue weighted by Gasteiger charge is 2.07. The minimum Gasteiger partial charge on any atom is -0.493 e.